The van der Waals surface area contributed by atoms with E-state index in [1.54, 1.807) is 0 Å². The molecule has 28 aromatic rings. The minimum absolute atomic E-state index is 0.585. The summed E-state index contributed by atoms with van der Waals surface area (Å²) in [6.07, 6.45) is 0. The van der Waals surface area contributed by atoms with Crippen LogP contribution in [0.3, 0.4) is 0 Å². The summed E-state index contributed by atoms with van der Waals surface area (Å²) < 4.78 is 38.9. The Morgan fingerprint density at radius 3 is 0.674 bits per heavy atom. The Bertz CT molecular complexity index is 8700. The van der Waals surface area contributed by atoms with Crippen LogP contribution in [0.25, 0.3) is 278 Å². The average molecular weight is 1770 g/mol. The molecular weight excluding hydrogens is 1690 g/mol. The van der Waals surface area contributed by atoms with E-state index in [-0.39, 0.29) is 0 Å². The summed E-state index contributed by atoms with van der Waals surface area (Å²) in [7, 11) is 0. The van der Waals surface area contributed by atoms with Crippen LogP contribution < -0.4 is 0 Å². The van der Waals surface area contributed by atoms with Gasteiger partial charge in [-0.05, 0) is 166 Å². The fraction of sp³-hybridized carbons (Fsp3) is 0. The van der Waals surface area contributed by atoms with E-state index in [0.717, 1.165) is 266 Å². The maximum atomic E-state index is 6.54. The number of nitrogens with zero attached hydrogens (tertiary/aromatic N) is 5. The van der Waals surface area contributed by atoms with E-state index < -0.39 is 0 Å². The van der Waals surface area contributed by atoms with Gasteiger partial charge in [0.05, 0.1) is 39.7 Å². The zero-order valence-electron chi connectivity index (χ0n) is 74.1. The number of hydrogen-bond donors (Lipinski definition) is 0. The average Bonchev–Trinajstić information content (AvgIpc) is 1.52. The van der Waals surface area contributed by atoms with Crippen LogP contribution in [0.4, 0.5) is 0 Å². The monoisotopic (exact) mass is 1770 g/mol. The highest BCUT2D eigenvalue weighted by Crippen LogP contribution is 2.48. The molecule has 0 aliphatic rings. The van der Waals surface area contributed by atoms with E-state index >= 15 is 0 Å². The molecule has 0 N–H and O–H groups in total. The summed E-state index contributed by atoms with van der Waals surface area (Å²) in [4.78, 5) is 26.2. The van der Waals surface area contributed by atoms with Crippen LogP contribution in [0.5, 0.6) is 0 Å². The Morgan fingerprint density at radius 1 is 0.116 bits per heavy atom. The molecule has 646 valence electrons. The van der Waals surface area contributed by atoms with Crippen LogP contribution in [0.15, 0.2) is 494 Å². The SMILES string of the molecule is c1ccc(-c2cc(-c3cccc4c3oc3ccccc34)nc(-c3cccc4c3oc3ccccc34)c2)cc1.c1ccc(-c2cc(-c3ccccc3)cc(-c3cc(-c4cccc5c4oc4ccccc45)nc(-c4cccc5c4oc4ccccc45)n3)c2)cc1.c1ccc(-c2cc(-c3ccccc3)nc(-c3cc(-c4cccc5c4oc4ccccc45)cc(-c4cccc5c4oc4ccccc45)c3)n2)cc1. The van der Waals surface area contributed by atoms with Crippen molar-refractivity contribution >= 4 is 132 Å². The largest absolute Gasteiger partial charge is 0.455 e. The molecule has 9 heterocycles. The van der Waals surface area contributed by atoms with Gasteiger partial charge in [-0.25, -0.2) is 24.9 Å². The third-order valence-electron chi connectivity index (χ3n) is 26.3. The summed E-state index contributed by atoms with van der Waals surface area (Å²) >= 11 is 0. The first-order valence-electron chi connectivity index (χ1n) is 46.2. The first-order valence-corrected chi connectivity index (χ1v) is 46.2. The highest BCUT2D eigenvalue weighted by Gasteiger charge is 2.26. The van der Waals surface area contributed by atoms with Gasteiger partial charge in [-0.2, -0.15) is 0 Å². The van der Waals surface area contributed by atoms with Gasteiger partial charge in [0.25, 0.3) is 0 Å². The lowest BCUT2D eigenvalue weighted by atomic mass is 9.93. The number of para-hydroxylation sites is 12. The number of benzene rings is 19. The minimum atomic E-state index is 0.585. The summed E-state index contributed by atoms with van der Waals surface area (Å²) in [5, 5.41) is 13.0. The second-order valence-corrected chi connectivity index (χ2v) is 34.7. The van der Waals surface area contributed by atoms with Crippen molar-refractivity contribution in [2.75, 3.05) is 0 Å². The van der Waals surface area contributed by atoms with Crippen LogP contribution in [0.2, 0.25) is 0 Å². The second kappa shape index (κ2) is 33.8. The summed E-state index contributed by atoms with van der Waals surface area (Å²) in [5.74, 6) is 1.23. The Morgan fingerprint density at radius 2 is 0.333 bits per heavy atom. The Balaban J connectivity index is 0.000000108. The molecule has 0 amide bonds. The van der Waals surface area contributed by atoms with Gasteiger partial charge in [0.2, 0.25) is 0 Å². The molecule has 0 saturated carbocycles. The fourth-order valence-corrected chi connectivity index (χ4v) is 19.7. The molecule has 0 aliphatic carbocycles. The van der Waals surface area contributed by atoms with Crippen LogP contribution in [0, 0.1) is 0 Å². The fourth-order valence-electron chi connectivity index (χ4n) is 19.7. The van der Waals surface area contributed by atoms with Gasteiger partial charge < -0.3 is 26.5 Å². The topological polar surface area (TPSA) is 143 Å². The van der Waals surface area contributed by atoms with Crippen molar-refractivity contribution in [3.05, 3.63) is 467 Å². The van der Waals surface area contributed by atoms with Crippen molar-refractivity contribution in [3.63, 3.8) is 0 Å². The maximum absolute atomic E-state index is 6.54. The lowest BCUT2D eigenvalue weighted by Crippen LogP contribution is -1.97. The van der Waals surface area contributed by atoms with Crippen LogP contribution in [-0.4, -0.2) is 24.9 Å². The Labute approximate surface area is 790 Å². The van der Waals surface area contributed by atoms with E-state index in [1.165, 1.54) is 0 Å². The second-order valence-electron chi connectivity index (χ2n) is 34.7. The van der Waals surface area contributed by atoms with Gasteiger partial charge in [0.1, 0.15) is 67.0 Å². The molecule has 0 radical (unpaired) electrons. The highest BCUT2D eigenvalue weighted by molar-refractivity contribution is 6.16. The van der Waals surface area contributed by atoms with E-state index in [0.29, 0.717) is 11.6 Å². The molecule has 0 spiro atoms. The molecule has 11 nitrogen and oxygen atoms in total. The van der Waals surface area contributed by atoms with Crippen molar-refractivity contribution in [2.24, 2.45) is 0 Å². The predicted molar refractivity (Wildman–Crippen MR) is 563 cm³/mol. The molecule has 19 aromatic carbocycles. The van der Waals surface area contributed by atoms with Crippen molar-refractivity contribution in [2.45, 2.75) is 0 Å². The number of pyridine rings is 1. The molecule has 28 rings (SSSR count). The number of rotatable bonds is 13. The molecule has 11 heteroatoms. The highest BCUT2D eigenvalue weighted by atomic mass is 16.3. The number of furan rings is 6. The summed E-state index contributed by atoms with van der Waals surface area (Å²) in [6.45, 7) is 0. The quantitative estimate of drug-likeness (QED) is 0.109. The smallest absolute Gasteiger partial charge is 0.164 e. The van der Waals surface area contributed by atoms with Crippen molar-refractivity contribution in [1.82, 2.24) is 24.9 Å². The van der Waals surface area contributed by atoms with Gasteiger partial charge >= 0.3 is 0 Å². The van der Waals surface area contributed by atoms with Crippen molar-refractivity contribution < 1.29 is 26.5 Å². The van der Waals surface area contributed by atoms with Gasteiger partial charge in [-0.1, -0.05) is 346 Å². The molecule has 0 atom stereocenters. The standard InChI is InChI=1S/2C46H28N2O2.C35H21NO2/c1-3-13-29(14-4-1)40-28-41(30-15-5-2-6-16-30)48-46(47-40)33-26-31(34-19-11-21-38-36-17-7-9-23-42(36)49-44(34)38)25-32(27-33)35-20-12-22-39-37-18-8-10-24-43(37)50-45(35)39;1-3-13-29(14-4-1)31-25-32(30-15-5-2-6-16-30)27-33(26-31)40-28-41(38-21-11-19-36-34-17-7-9-23-42(34)49-44(36)38)48-46(47-40)39-22-12-20-37-35-18-8-10-24-43(35)50-45(37)39;1-2-10-22(11-3-1)23-20-30(28-16-8-14-26-24-12-4-6-18-32(24)37-34(26)28)36-31(21-23)29-17-9-15-27-25-13-5-7-19-33(25)38-35(27)29/h2*1-28H;1-21H. The lowest BCUT2D eigenvalue weighted by Gasteiger charge is -2.13. The molecule has 0 unspecified atom stereocenters. The lowest BCUT2D eigenvalue weighted by molar-refractivity contribution is 0.669. The molecule has 0 saturated heterocycles. The Hall–Kier alpha value is -18.7. The molecule has 9 aromatic heterocycles. The molecule has 0 bridgehead atoms. The van der Waals surface area contributed by atoms with Crippen molar-refractivity contribution in [1.29, 1.82) is 0 Å². The van der Waals surface area contributed by atoms with Crippen LogP contribution in [-0.2, 0) is 0 Å². The van der Waals surface area contributed by atoms with Crippen molar-refractivity contribution in [3.8, 4) is 146 Å². The molecule has 0 fully saturated rings. The third kappa shape index (κ3) is 14.5. The molecule has 0 aliphatic heterocycles. The normalized spacial score (nSPS) is 11.6. The zero-order chi connectivity index (χ0) is 91.1. The van der Waals surface area contributed by atoms with Crippen LogP contribution >= 0.6 is 0 Å². The van der Waals surface area contributed by atoms with E-state index in [9.17, 15) is 0 Å². The molecular formula is C127H77N5O6. The number of hydrogen-bond acceptors (Lipinski definition) is 11. The molecule has 138 heavy (non-hydrogen) atoms. The number of fused-ring (bicyclic) bond motifs is 18. The number of aromatic nitrogens is 5. The third-order valence-corrected chi connectivity index (χ3v) is 26.3. The van der Waals surface area contributed by atoms with E-state index in [4.69, 9.17) is 51.4 Å². The minimum Gasteiger partial charge on any atom is -0.455 e. The summed E-state index contributed by atoms with van der Waals surface area (Å²) in [6, 6.07) is 161. The first kappa shape index (κ1) is 80.2. The predicted octanol–water partition coefficient (Wildman–Crippen LogP) is 35.1. The van der Waals surface area contributed by atoms with Gasteiger partial charge in [-0.15, -0.1) is 0 Å². The van der Waals surface area contributed by atoms with Gasteiger partial charge in [0, 0.05) is 115 Å². The Kier molecular flexibility index (Phi) is 19.7. The van der Waals surface area contributed by atoms with E-state index in [2.05, 4.69) is 309 Å². The van der Waals surface area contributed by atoms with Gasteiger partial charge in [-0.3, -0.25) is 0 Å². The maximum Gasteiger partial charge on any atom is 0.164 e. The first-order chi connectivity index (χ1) is 68.4. The van der Waals surface area contributed by atoms with Crippen LogP contribution in [0.1, 0.15) is 0 Å². The summed E-state index contributed by atoms with van der Waals surface area (Å²) in [5.41, 5.74) is 33.5. The van der Waals surface area contributed by atoms with Gasteiger partial charge in [0.15, 0.2) is 11.6 Å². The zero-order valence-corrected chi connectivity index (χ0v) is 74.1. The van der Waals surface area contributed by atoms with E-state index in [1.807, 2.05) is 158 Å².